The van der Waals surface area contributed by atoms with Crippen LogP contribution in [0.5, 0.6) is 0 Å². The summed E-state index contributed by atoms with van der Waals surface area (Å²) in [5, 5.41) is 11.8. The molecule has 5 heteroatoms. The van der Waals surface area contributed by atoms with Gasteiger partial charge in [-0.1, -0.05) is 19.3 Å². The van der Waals surface area contributed by atoms with Crippen molar-refractivity contribution in [2.45, 2.75) is 38.1 Å². The number of halogens is 1. The first-order valence-corrected chi connectivity index (χ1v) is 6.51. The molecular formula is C14H16FN3O. The lowest BCUT2D eigenvalue weighted by molar-refractivity contribution is 0.0928. The van der Waals surface area contributed by atoms with Crippen molar-refractivity contribution < 1.29 is 9.18 Å². The Kier molecular flexibility index (Phi) is 4.45. The van der Waals surface area contributed by atoms with Gasteiger partial charge in [-0.3, -0.25) is 9.78 Å². The van der Waals surface area contributed by atoms with Crippen molar-refractivity contribution in [1.82, 2.24) is 10.3 Å². The van der Waals surface area contributed by atoms with E-state index in [1.54, 1.807) is 0 Å². The summed E-state index contributed by atoms with van der Waals surface area (Å²) in [6.45, 7) is 0. The van der Waals surface area contributed by atoms with Crippen LogP contribution in [0.3, 0.4) is 0 Å². The highest BCUT2D eigenvalue weighted by Gasteiger charge is 2.25. The first-order chi connectivity index (χ1) is 9.20. The van der Waals surface area contributed by atoms with Crippen LogP contribution in [0.2, 0.25) is 0 Å². The zero-order valence-electron chi connectivity index (χ0n) is 10.6. The normalized spacial score (nSPS) is 17.5. The van der Waals surface area contributed by atoms with E-state index in [1.165, 1.54) is 12.6 Å². The van der Waals surface area contributed by atoms with E-state index >= 15 is 0 Å². The molecule has 1 aliphatic rings. The van der Waals surface area contributed by atoms with E-state index < -0.39 is 17.8 Å². The highest BCUT2D eigenvalue weighted by molar-refractivity contribution is 5.94. The third-order valence-electron chi connectivity index (χ3n) is 3.51. The monoisotopic (exact) mass is 261 g/mol. The van der Waals surface area contributed by atoms with Crippen LogP contribution in [-0.2, 0) is 0 Å². The third-order valence-corrected chi connectivity index (χ3v) is 3.51. The molecule has 1 aromatic heterocycles. The van der Waals surface area contributed by atoms with Gasteiger partial charge in [0.15, 0.2) is 0 Å². The fourth-order valence-corrected chi connectivity index (χ4v) is 2.48. The molecule has 1 aliphatic carbocycles. The van der Waals surface area contributed by atoms with E-state index in [-0.39, 0.29) is 11.5 Å². The molecule has 1 fully saturated rings. The van der Waals surface area contributed by atoms with Gasteiger partial charge in [-0.25, -0.2) is 4.39 Å². The van der Waals surface area contributed by atoms with Gasteiger partial charge < -0.3 is 5.32 Å². The molecule has 19 heavy (non-hydrogen) atoms. The van der Waals surface area contributed by atoms with E-state index in [9.17, 15) is 14.4 Å². The Labute approximate surface area is 111 Å². The van der Waals surface area contributed by atoms with Gasteiger partial charge in [-0.05, 0) is 24.8 Å². The number of pyridine rings is 1. The predicted molar refractivity (Wildman–Crippen MR) is 67.6 cm³/mol. The molecule has 2 rings (SSSR count). The van der Waals surface area contributed by atoms with Gasteiger partial charge >= 0.3 is 0 Å². The minimum Gasteiger partial charge on any atom is -0.336 e. The number of nitriles is 1. The lowest BCUT2D eigenvalue weighted by Crippen LogP contribution is -2.40. The summed E-state index contributed by atoms with van der Waals surface area (Å²) in [4.78, 5) is 15.6. The van der Waals surface area contributed by atoms with Crippen molar-refractivity contribution in [3.8, 4) is 6.07 Å². The number of nitrogens with zero attached hydrogens (tertiary/aromatic N) is 2. The number of nitrogens with one attached hydrogen (secondary N) is 1. The van der Waals surface area contributed by atoms with Crippen LogP contribution in [0, 0.1) is 23.1 Å². The summed E-state index contributed by atoms with van der Waals surface area (Å²) in [7, 11) is 0. The van der Waals surface area contributed by atoms with Crippen molar-refractivity contribution >= 4 is 5.91 Å². The lowest BCUT2D eigenvalue weighted by Gasteiger charge is -2.26. The van der Waals surface area contributed by atoms with Gasteiger partial charge in [-0.15, -0.1) is 0 Å². The van der Waals surface area contributed by atoms with Crippen LogP contribution >= 0.6 is 0 Å². The molecule has 1 N–H and O–H groups in total. The van der Waals surface area contributed by atoms with Crippen molar-refractivity contribution in [3.05, 3.63) is 29.8 Å². The molecular weight excluding hydrogens is 245 g/mol. The molecule has 0 radical (unpaired) electrons. The minimum atomic E-state index is -0.557. The maximum absolute atomic E-state index is 13.0. The molecule has 0 saturated heterocycles. The van der Waals surface area contributed by atoms with Crippen molar-refractivity contribution in [2.24, 2.45) is 5.92 Å². The van der Waals surface area contributed by atoms with Crippen molar-refractivity contribution in [2.75, 3.05) is 0 Å². The summed E-state index contributed by atoms with van der Waals surface area (Å²) in [5.74, 6) is -0.799. The van der Waals surface area contributed by atoms with E-state index in [4.69, 9.17) is 0 Å². The van der Waals surface area contributed by atoms with Crippen LogP contribution in [0.25, 0.3) is 0 Å². The summed E-state index contributed by atoms with van der Waals surface area (Å²) in [6, 6.07) is 2.76. The van der Waals surface area contributed by atoms with Gasteiger partial charge in [0.2, 0.25) is 0 Å². The average Bonchev–Trinajstić information content (AvgIpc) is 2.45. The Morgan fingerprint density at radius 3 is 2.79 bits per heavy atom. The second-order valence-electron chi connectivity index (χ2n) is 4.87. The van der Waals surface area contributed by atoms with Crippen LogP contribution in [-0.4, -0.2) is 16.9 Å². The number of carbonyl (C=O) groups is 1. The van der Waals surface area contributed by atoms with Crippen LogP contribution in [0.15, 0.2) is 18.5 Å². The molecule has 0 aromatic carbocycles. The Morgan fingerprint density at radius 1 is 1.42 bits per heavy atom. The van der Waals surface area contributed by atoms with Crippen LogP contribution in [0.1, 0.15) is 42.5 Å². The number of hydrogen-bond acceptors (Lipinski definition) is 3. The third kappa shape index (κ3) is 3.50. The van der Waals surface area contributed by atoms with Gasteiger partial charge in [0.1, 0.15) is 11.9 Å². The molecule has 4 nitrogen and oxygen atoms in total. The van der Waals surface area contributed by atoms with Crippen LogP contribution in [0.4, 0.5) is 4.39 Å². The Hall–Kier alpha value is -1.96. The van der Waals surface area contributed by atoms with E-state index in [0.717, 1.165) is 37.9 Å². The molecule has 0 spiro atoms. The zero-order chi connectivity index (χ0) is 13.7. The topological polar surface area (TPSA) is 65.8 Å². The van der Waals surface area contributed by atoms with Crippen LogP contribution < -0.4 is 5.32 Å². The summed E-state index contributed by atoms with van der Waals surface area (Å²) >= 11 is 0. The fourth-order valence-electron chi connectivity index (χ4n) is 2.48. The van der Waals surface area contributed by atoms with Gasteiger partial charge in [0.05, 0.1) is 17.8 Å². The molecule has 100 valence electrons. The minimum absolute atomic E-state index is 0.149. The Bertz CT molecular complexity index is 492. The zero-order valence-corrected chi connectivity index (χ0v) is 10.6. The maximum atomic E-state index is 13.0. The second kappa shape index (κ2) is 6.28. The molecule has 1 aromatic rings. The van der Waals surface area contributed by atoms with Gasteiger partial charge in [0, 0.05) is 6.20 Å². The quantitative estimate of drug-likeness (QED) is 0.908. The van der Waals surface area contributed by atoms with Crippen molar-refractivity contribution in [3.63, 3.8) is 0 Å². The van der Waals surface area contributed by atoms with E-state index in [0.29, 0.717) is 0 Å². The highest BCUT2D eigenvalue weighted by Crippen LogP contribution is 2.26. The van der Waals surface area contributed by atoms with Crippen molar-refractivity contribution in [1.29, 1.82) is 5.26 Å². The van der Waals surface area contributed by atoms with Gasteiger partial charge in [-0.2, -0.15) is 5.26 Å². The summed E-state index contributed by atoms with van der Waals surface area (Å²) in [6.07, 6.45) is 7.64. The Balaban J connectivity index is 2.02. The highest BCUT2D eigenvalue weighted by atomic mass is 19.1. The largest absolute Gasteiger partial charge is 0.336 e. The number of carbonyl (C=O) groups excluding carboxylic acids is 1. The first-order valence-electron chi connectivity index (χ1n) is 6.51. The smallest absolute Gasteiger partial charge is 0.253 e. The molecule has 1 atom stereocenters. The molecule has 1 saturated carbocycles. The standard InChI is InChI=1S/C14H16FN3O/c15-12-6-11(8-17-9-12)14(19)18-13(7-16)10-4-2-1-3-5-10/h6,8-10,13H,1-5H2,(H,18,19). The molecule has 0 bridgehead atoms. The second-order valence-corrected chi connectivity index (χ2v) is 4.87. The molecule has 1 amide bonds. The van der Waals surface area contributed by atoms with E-state index in [2.05, 4.69) is 16.4 Å². The summed E-state index contributed by atoms with van der Waals surface area (Å²) < 4.78 is 13.0. The number of aromatic nitrogens is 1. The van der Waals surface area contributed by atoms with Gasteiger partial charge in [0.25, 0.3) is 5.91 Å². The lowest BCUT2D eigenvalue weighted by atomic mass is 9.84. The number of amides is 1. The van der Waals surface area contributed by atoms with E-state index in [1.807, 2.05) is 0 Å². The average molecular weight is 261 g/mol. The molecule has 1 heterocycles. The SMILES string of the molecule is N#CC(NC(=O)c1cncc(F)c1)C1CCCCC1. The number of hydrogen-bond donors (Lipinski definition) is 1. The first kappa shape index (κ1) is 13.5. The molecule has 1 unspecified atom stereocenters. The molecule has 0 aliphatic heterocycles. The Morgan fingerprint density at radius 2 is 2.16 bits per heavy atom. The summed E-state index contributed by atoms with van der Waals surface area (Å²) in [5.41, 5.74) is 0.149. The fraction of sp³-hybridized carbons (Fsp3) is 0.500. The predicted octanol–water partition coefficient (Wildman–Crippen LogP) is 2.42. The maximum Gasteiger partial charge on any atom is 0.253 e. The number of rotatable bonds is 3.